The highest BCUT2D eigenvalue weighted by molar-refractivity contribution is 5.95. The number of hydrogen-bond acceptors (Lipinski definition) is 1. The molecule has 72 heavy (non-hydrogen) atoms. The van der Waals surface area contributed by atoms with Gasteiger partial charge >= 0.3 is 0 Å². The van der Waals surface area contributed by atoms with Crippen molar-refractivity contribution in [1.82, 2.24) is 0 Å². The van der Waals surface area contributed by atoms with Crippen LogP contribution >= 0.6 is 0 Å². The number of anilines is 3. The van der Waals surface area contributed by atoms with Crippen LogP contribution in [0.3, 0.4) is 0 Å². The van der Waals surface area contributed by atoms with Crippen LogP contribution in [-0.4, -0.2) is 0 Å². The fourth-order valence-electron chi connectivity index (χ4n) is 13.4. The minimum atomic E-state index is -0.702. The third-order valence-corrected chi connectivity index (χ3v) is 16.4. The zero-order valence-corrected chi connectivity index (χ0v) is 40.4. The molecule has 0 bridgehead atoms. The Morgan fingerprint density at radius 1 is 0.264 bits per heavy atom. The van der Waals surface area contributed by atoms with Crippen LogP contribution in [0.25, 0.3) is 44.5 Å². The van der Waals surface area contributed by atoms with Crippen LogP contribution in [0, 0.1) is 0 Å². The average Bonchev–Trinajstić information content (AvgIpc) is 3.88. The molecule has 2 atom stereocenters. The lowest BCUT2D eigenvalue weighted by atomic mass is 9.51. The summed E-state index contributed by atoms with van der Waals surface area (Å²) in [5, 5.41) is 0. The summed E-state index contributed by atoms with van der Waals surface area (Å²) in [5.74, 6) is 0. The van der Waals surface area contributed by atoms with E-state index >= 15 is 0 Å². The van der Waals surface area contributed by atoms with Gasteiger partial charge in [-0.25, -0.2) is 0 Å². The first-order valence-electron chi connectivity index (χ1n) is 25.3. The Labute approximate surface area is 423 Å². The number of hydrogen-bond donors (Lipinski definition) is 0. The number of nitrogens with zero attached hydrogens (tertiary/aromatic N) is 1. The lowest BCUT2D eigenvalue weighted by Crippen LogP contribution is -2.44. The molecule has 1 nitrogen and oxygen atoms in total. The van der Waals surface area contributed by atoms with Crippen LogP contribution in [0.2, 0.25) is 0 Å². The van der Waals surface area contributed by atoms with Gasteiger partial charge in [-0.15, -0.1) is 0 Å². The van der Waals surface area contributed by atoms with Gasteiger partial charge in [0.05, 0.1) is 16.5 Å². The molecule has 0 saturated heterocycles. The first-order valence-corrected chi connectivity index (χ1v) is 25.3. The highest BCUT2D eigenvalue weighted by Crippen LogP contribution is 2.66. The molecule has 0 amide bonds. The van der Waals surface area contributed by atoms with Crippen molar-refractivity contribution in [1.29, 1.82) is 0 Å². The number of benzene rings is 11. The van der Waals surface area contributed by atoms with Crippen LogP contribution in [0.4, 0.5) is 17.1 Å². The average molecular weight is 918 g/mol. The molecule has 0 fully saturated rings. The largest absolute Gasteiger partial charge is 0.310 e. The summed E-state index contributed by atoms with van der Waals surface area (Å²) < 4.78 is 0. The molecule has 14 rings (SSSR count). The molecule has 0 aliphatic heterocycles. The first-order chi connectivity index (χ1) is 35.5. The predicted molar refractivity (Wildman–Crippen MR) is 299 cm³/mol. The molecule has 3 aliphatic rings. The molecule has 0 aromatic heterocycles. The highest BCUT2D eigenvalue weighted by atomic mass is 15.1. The second-order valence-corrected chi connectivity index (χ2v) is 20.3. The molecule has 340 valence electrons. The second-order valence-electron chi connectivity index (χ2n) is 20.3. The van der Waals surface area contributed by atoms with Gasteiger partial charge in [0.15, 0.2) is 0 Å². The van der Waals surface area contributed by atoms with E-state index in [1.165, 1.54) is 94.6 Å². The van der Waals surface area contributed by atoms with Crippen molar-refractivity contribution in [3.05, 3.63) is 329 Å². The summed E-state index contributed by atoms with van der Waals surface area (Å²) in [4.78, 5) is 2.53. The fraction of sp³-hybridized carbons (Fsp3) is 0.0704. The Balaban J connectivity index is 1.07. The predicted octanol–water partition coefficient (Wildman–Crippen LogP) is 17.9. The molecule has 0 N–H and O–H groups in total. The summed E-state index contributed by atoms with van der Waals surface area (Å²) >= 11 is 0. The van der Waals surface area contributed by atoms with Crippen molar-refractivity contribution >= 4 is 17.1 Å². The minimum absolute atomic E-state index is 0.186. The van der Waals surface area contributed by atoms with Gasteiger partial charge in [0.25, 0.3) is 0 Å². The summed E-state index contributed by atoms with van der Waals surface area (Å²) in [6, 6.07) is 103. The third-order valence-electron chi connectivity index (χ3n) is 16.4. The maximum Gasteiger partial charge on any atom is 0.0720 e. The number of fused-ring (bicyclic) bond motifs is 8. The number of rotatable bonds is 8. The van der Waals surface area contributed by atoms with Gasteiger partial charge in [-0.2, -0.15) is 0 Å². The van der Waals surface area contributed by atoms with Crippen LogP contribution in [0.15, 0.2) is 273 Å². The van der Waals surface area contributed by atoms with Crippen molar-refractivity contribution in [3.8, 4) is 44.5 Å². The molecule has 1 heteroatoms. The van der Waals surface area contributed by atoms with Gasteiger partial charge in [-0.3, -0.25) is 0 Å². The third kappa shape index (κ3) is 5.89. The van der Waals surface area contributed by atoms with Crippen LogP contribution < -0.4 is 4.90 Å². The van der Waals surface area contributed by atoms with Crippen molar-refractivity contribution in [2.75, 3.05) is 4.90 Å². The van der Waals surface area contributed by atoms with Crippen molar-refractivity contribution in [2.45, 2.75) is 30.1 Å². The van der Waals surface area contributed by atoms with Crippen LogP contribution in [0.1, 0.15) is 69.5 Å². The lowest BCUT2D eigenvalue weighted by molar-refractivity contribution is 0.627. The van der Waals surface area contributed by atoms with Crippen LogP contribution in [0.5, 0.6) is 0 Å². The van der Waals surface area contributed by atoms with E-state index in [0.717, 1.165) is 22.6 Å². The van der Waals surface area contributed by atoms with Crippen LogP contribution in [-0.2, 0) is 16.2 Å². The second kappa shape index (κ2) is 16.1. The Morgan fingerprint density at radius 3 is 1.44 bits per heavy atom. The summed E-state index contributed by atoms with van der Waals surface area (Å²) in [6.45, 7) is 4.76. The standard InChI is InChI=1S/C71H51N/c1-69(2)61-36-17-15-33-56(61)58-43-42-55(47-66(58)69)72(67-44-41-50(48-23-7-3-8-24-48)45-60(67)49-25-9-4-10-26-49)54-32-21-31-53(46-54)70(51-27-11-5-12-28-51)63-38-19-20-39-64(63)71(52-29-13-6-14-30-52)62-37-18-16-34-57(62)59-35-22-40-65(70)68(59)71/h3-47H,1-2H3. The summed E-state index contributed by atoms with van der Waals surface area (Å²) in [7, 11) is 0. The Bertz CT molecular complexity index is 3890. The Morgan fingerprint density at radius 2 is 0.750 bits per heavy atom. The van der Waals surface area contributed by atoms with E-state index in [4.69, 9.17) is 0 Å². The maximum absolute atomic E-state index is 2.53. The zero-order chi connectivity index (χ0) is 48.0. The molecule has 2 unspecified atom stereocenters. The maximum atomic E-state index is 2.53. The summed E-state index contributed by atoms with van der Waals surface area (Å²) in [6.07, 6.45) is 0. The van der Waals surface area contributed by atoms with E-state index in [-0.39, 0.29) is 5.41 Å². The van der Waals surface area contributed by atoms with E-state index in [2.05, 4.69) is 292 Å². The Kier molecular flexibility index (Phi) is 9.44. The quantitative estimate of drug-likeness (QED) is 0.147. The molecule has 11 aromatic rings. The van der Waals surface area contributed by atoms with Gasteiger partial charge in [0.1, 0.15) is 0 Å². The van der Waals surface area contributed by atoms with E-state index < -0.39 is 10.8 Å². The fourth-order valence-corrected chi connectivity index (χ4v) is 13.4. The van der Waals surface area contributed by atoms with Crippen molar-refractivity contribution < 1.29 is 0 Å². The molecule has 0 spiro atoms. The van der Waals surface area contributed by atoms with E-state index in [9.17, 15) is 0 Å². The van der Waals surface area contributed by atoms with Gasteiger partial charge < -0.3 is 4.90 Å². The minimum Gasteiger partial charge on any atom is -0.310 e. The normalized spacial score (nSPS) is 17.2. The monoisotopic (exact) mass is 917 g/mol. The first kappa shape index (κ1) is 42.1. The summed E-state index contributed by atoms with van der Waals surface area (Å²) in [5.41, 5.74) is 24.9. The molecule has 11 aromatic carbocycles. The SMILES string of the molecule is CC1(C)c2ccccc2-c2ccc(N(c3cccc(C4(c5ccccc5)c5ccccc5C5(c6ccccc6)c6ccccc6-c6cccc4c65)c3)c3ccc(-c4ccccc4)cc3-c3ccccc3)cc21. The molecular formula is C71H51N. The van der Waals surface area contributed by atoms with E-state index in [1.54, 1.807) is 0 Å². The molecule has 3 aliphatic carbocycles. The van der Waals surface area contributed by atoms with Gasteiger partial charge in [-0.05, 0) is 131 Å². The topological polar surface area (TPSA) is 3.24 Å². The van der Waals surface area contributed by atoms with Gasteiger partial charge in [0.2, 0.25) is 0 Å². The molecular weight excluding hydrogens is 867 g/mol. The molecule has 0 radical (unpaired) electrons. The van der Waals surface area contributed by atoms with E-state index in [1.807, 2.05) is 0 Å². The molecule has 0 saturated carbocycles. The lowest BCUT2D eigenvalue weighted by Gasteiger charge is -2.49. The van der Waals surface area contributed by atoms with Gasteiger partial charge in [-0.1, -0.05) is 250 Å². The van der Waals surface area contributed by atoms with Crippen molar-refractivity contribution in [3.63, 3.8) is 0 Å². The van der Waals surface area contributed by atoms with Gasteiger partial charge in [0, 0.05) is 22.4 Å². The van der Waals surface area contributed by atoms with E-state index in [0.29, 0.717) is 0 Å². The molecule has 0 heterocycles. The van der Waals surface area contributed by atoms with Crippen molar-refractivity contribution in [2.24, 2.45) is 0 Å². The zero-order valence-electron chi connectivity index (χ0n) is 40.4. The Hall–Kier alpha value is -8.78. The highest BCUT2D eigenvalue weighted by Gasteiger charge is 2.57. The smallest absolute Gasteiger partial charge is 0.0720 e.